The van der Waals surface area contributed by atoms with Crippen molar-refractivity contribution in [1.82, 2.24) is 0 Å². The number of hydrogen-bond acceptors (Lipinski definition) is 2. The summed E-state index contributed by atoms with van der Waals surface area (Å²) in [7, 11) is 0. The van der Waals surface area contributed by atoms with Crippen LogP contribution in [0.3, 0.4) is 0 Å². The first-order valence-electron chi connectivity index (χ1n) is 4.67. The molecule has 0 aliphatic rings. The van der Waals surface area contributed by atoms with Gasteiger partial charge in [-0.3, -0.25) is 4.21 Å². The predicted octanol–water partition coefficient (Wildman–Crippen LogP) is 2.24. The van der Waals surface area contributed by atoms with E-state index in [0.717, 1.165) is 6.42 Å². The van der Waals surface area contributed by atoms with Crippen molar-refractivity contribution < 1.29 is 8.76 Å². The third kappa shape index (κ3) is 3.89. The molecule has 0 spiro atoms. The molecule has 0 saturated carbocycles. The number of anilines is 1. The zero-order chi connectivity index (χ0) is 10.4. The largest absolute Gasteiger partial charge is 0.755 e. The smallest absolute Gasteiger partial charge is 0.0452 e. The maximum atomic E-state index is 10.3. The summed E-state index contributed by atoms with van der Waals surface area (Å²) in [5.74, 6) is 0. The van der Waals surface area contributed by atoms with E-state index in [2.05, 4.69) is 11.6 Å². The topological polar surface area (TPSA) is 52.2 Å². The van der Waals surface area contributed by atoms with E-state index in [0.29, 0.717) is 5.69 Å². The van der Waals surface area contributed by atoms with E-state index in [-0.39, 0.29) is 0 Å². The number of nitrogens with one attached hydrogen (secondary N) is 1. The molecule has 0 aliphatic heterocycles. The van der Waals surface area contributed by atoms with Crippen LogP contribution >= 0.6 is 0 Å². The Bertz CT molecular complexity index is 297. The monoisotopic (exact) mass is 212 g/mol. The van der Waals surface area contributed by atoms with Gasteiger partial charge in [-0.2, -0.15) is 0 Å². The second-order valence-electron chi connectivity index (χ2n) is 3.14. The Hall–Kier alpha value is -0.870. The summed E-state index contributed by atoms with van der Waals surface area (Å²) in [5.41, 5.74) is 1.85. The summed E-state index contributed by atoms with van der Waals surface area (Å²) >= 11 is -2.23. The highest BCUT2D eigenvalue weighted by Crippen LogP contribution is 2.11. The molecular weight excluding hydrogens is 198 g/mol. The summed E-state index contributed by atoms with van der Waals surface area (Å²) in [6, 6.07) is 7.46. The Morgan fingerprint density at radius 3 is 2.50 bits per heavy atom. The molecule has 1 unspecified atom stereocenters. The van der Waals surface area contributed by atoms with Gasteiger partial charge in [0.15, 0.2) is 0 Å². The molecule has 1 aromatic carbocycles. The van der Waals surface area contributed by atoms with Crippen molar-refractivity contribution >= 4 is 17.0 Å². The van der Waals surface area contributed by atoms with Gasteiger partial charge in [0.05, 0.1) is 0 Å². The average Bonchev–Trinajstić information content (AvgIpc) is 2.16. The van der Waals surface area contributed by atoms with Crippen LogP contribution < -0.4 is 4.72 Å². The van der Waals surface area contributed by atoms with Gasteiger partial charge in [0.1, 0.15) is 0 Å². The molecule has 1 aromatic rings. The summed E-state index contributed by atoms with van der Waals surface area (Å²) in [5, 5.41) is 0. The number of benzene rings is 1. The Morgan fingerprint density at radius 2 is 2.00 bits per heavy atom. The molecule has 1 N–H and O–H groups in total. The van der Waals surface area contributed by atoms with Crippen LogP contribution in [0.25, 0.3) is 0 Å². The number of hydrogen-bond donors (Lipinski definition) is 1. The molecule has 0 bridgehead atoms. The first-order valence-corrected chi connectivity index (χ1v) is 5.74. The first kappa shape index (κ1) is 11.2. The molecule has 3 nitrogen and oxygen atoms in total. The van der Waals surface area contributed by atoms with Crippen LogP contribution in [0.4, 0.5) is 5.69 Å². The van der Waals surface area contributed by atoms with Crippen LogP contribution in [0.15, 0.2) is 24.3 Å². The highest BCUT2D eigenvalue weighted by Gasteiger charge is 1.93. The number of unbranched alkanes of at least 4 members (excludes halogenated alkanes) is 1. The van der Waals surface area contributed by atoms with E-state index >= 15 is 0 Å². The van der Waals surface area contributed by atoms with Crippen molar-refractivity contribution in [2.24, 2.45) is 0 Å². The molecule has 1 atom stereocenters. The molecule has 0 aromatic heterocycles. The van der Waals surface area contributed by atoms with Gasteiger partial charge in [-0.05, 0) is 30.5 Å². The summed E-state index contributed by atoms with van der Waals surface area (Å²) in [6.45, 7) is 2.15. The third-order valence-electron chi connectivity index (χ3n) is 1.97. The molecule has 1 rings (SSSR count). The van der Waals surface area contributed by atoms with Crippen molar-refractivity contribution in [3.63, 3.8) is 0 Å². The van der Waals surface area contributed by atoms with Crippen LogP contribution in [0.5, 0.6) is 0 Å². The Balaban J connectivity index is 2.54. The molecule has 0 heterocycles. The van der Waals surface area contributed by atoms with Crippen molar-refractivity contribution in [3.8, 4) is 0 Å². The minimum atomic E-state index is -2.23. The van der Waals surface area contributed by atoms with Crippen LogP contribution in [0.1, 0.15) is 25.3 Å². The molecule has 0 aliphatic carbocycles. The normalized spacial score (nSPS) is 12.4. The summed E-state index contributed by atoms with van der Waals surface area (Å²) in [4.78, 5) is 0. The van der Waals surface area contributed by atoms with E-state index in [1.807, 2.05) is 12.1 Å². The molecule has 0 fully saturated rings. The van der Waals surface area contributed by atoms with Gasteiger partial charge in [0.2, 0.25) is 0 Å². The predicted molar refractivity (Wildman–Crippen MR) is 57.6 cm³/mol. The van der Waals surface area contributed by atoms with Crippen molar-refractivity contribution in [2.45, 2.75) is 26.2 Å². The minimum absolute atomic E-state index is 0.610. The molecule has 0 amide bonds. The molecule has 0 radical (unpaired) electrons. The number of aryl methyl sites for hydroxylation is 1. The van der Waals surface area contributed by atoms with Gasteiger partial charge in [0.25, 0.3) is 0 Å². The maximum Gasteiger partial charge on any atom is 0.0452 e. The minimum Gasteiger partial charge on any atom is -0.755 e. The van der Waals surface area contributed by atoms with Crippen LogP contribution in [-0.4, -0.2) is 8.76 Å². The van der Waals surface area contributed by atoms with Gasteiger partial charge in [-0.25, -0.2) is 0 Å². The Morgan fingerprint density at radius 1 is 1.36 bits per heavy atom. The molecule has 78 valence electrons. The lowest BCUT2D eigenvalue weighted by Gasteiger charge is -2.08. The van der Waals surface area contributed by atoms with Crippen LogP contribution in [-0.2, 0) is 17.7 Å². The first-order chi connectivity index (χ1) is 6.72. The molecule has 14 heavy (non-hydrogen) atoms. The van der Waals surface area contributed by atoms with Gasteiger partial charge in [-0.1, -0.05) is 25.5 Å². The van der Waals surface area contributed by atoms with Crippen molar-refractivity contribution in [2.75, 3.05) is 4.72 Å². The second-order valence-corrected chi connectivity index (χ2v) is 3.81. The molecule has 4 heteroatoms. The Kier molecular flexibility index (Phi) is 4.62. The highest BCUT2D eigenvalue weighted by molar-refractivity contribution is 7.80. The number of rotatable bonds is 5. The zero-order valence-electron chi connectivity index (χ0n) is 8.16. The fraction of sp³-hybridized carbons (Fsp3) is 0.400. The molecule has 0 saturated heterocycles. The van der Waals surface area contributed by atoms with E-state index in [4.69, 9.17) is 0 Å². The summed E-state index contributed by atoms with van der Waals surface area (Å²) < 4.78 is 22.9. The zero-order valence-corrected chi connectivity index (χ0v) is 8.97. The second kappa shape index (κ2) is 5.78. The lowest BCUT2D eigenvalue weighted by Crippen LogP contribution is -2.01. The SMILES string of the molecule is CCCCc1ccc(NS(=O)[O-])cc1. The lowest BCUT2D eigenvalue weighted by atomic mass is 10.1. The van der Waals surface area contributed by atoms with E-state index in [1.54, 1.807) is 12.1 Å². The van der Waals surface area contributed by atoms with Gasteiger partial charge in [-0.15, -0.1) is 0 Å². The fourth-order valence-electron chi connectivity index (χ4n) is 1.22. The molecular formula is C10H14NO2S-. The third-order valence-corrected chi connectivity index (χ3v) is 2.38. The van der Waals surface area contributed by atoms with Crippen molar-refractivity contribution in [1.29, 1.82) is 0 Å². The van der Waals surface area contributed by atoms with E-state index in [1.165, 1.54) is 18.4 Å². The fourth-order valence-corrected chi connectivity index (χ4v) is 1.55. The van der Waals surface area contributed by atoms with E-state index < -0.39 is 11.3 Å². The van der Waals surface area contributed by atoms with E-state index in [9.17, 15) is 8.76 Å². The lowest BCUT2D eigenvalue weighted by molar-refractivity contribution is 0.542. The van der Waals surface area contributed by atoms with Crippen LogP contribution in [0, 0.1) is 0 Å². The van der Waals surface area contributed by atoms with Gasteiger partial charge >= 0.3 is 0 Å². The van der Waals surface area contributed by atoms with Gasteiger partial charge < -0.3 is 9.27 Å². The summed E-state index contributed by atoms with van der Waals surface area (Å²) in [6.07, 6.45) is 3.39. The van der Waals surface area contributed by atoms with Crippen LogP contribution in [0.2, 0.25) is 0 Å². The highest BCUT2D eigenvalue weighted by atomic mass is 32.2. The maximum absolute atomic E-state index is 10.3. The Labute approximate surface area is 87.0 Å². The average molecular weight is 212 g/mol. The quantitative estimate of drug-likeness (QED) is 0.761. The standard InChI is InChI=1S/C10H15NO2S/c1-2-3-4-9-5-7-10(8-6-9)11-14(12)13/h5-8,11H,2-4H2,1H3,(H,12,13)/p-1. The van der Waals surface area contributed by atoms with Crippen molar-refractivity contribution in [3.05, 3.63) is 29.8 Å². The van der Waals surface area contributed by atoms with Gasteiger partial charge in [0, 0.05) is 17.0 Å².